The van der Waals surface area contributed by atoms with E-state index in [9.17, 15) is 4.39 Å². The first-order valence-corrected chi connectivity index (χ1v) is 6.90. The van der Waals surface area contributed by atoms with Gasteiger partial charge >= 0.3 is 0 Å². The fourth-order valence-corrected chi connectivity index (χ4v) is 3.63. The average Bonchev–Trinajstić information content (AvgIpc) is 3.06. The molecule has 1 aliphatic rings. The Morgan fingerprint density at radius 2 is 2.22 bits per heavy atom. The Hall–Kier alpha value is -1.26. The molecule has 0 saturated heterocycles. The van der Waals surface area contributed by atoms with Gasteiger partial charge in [0, 0.05) is 22.4 Å². The van der Waals surface area contributed by atoms with E-state index in [1.807, 2.05) is 13.0 Å². The van der Waals surface area contributed by atoms with Crippen LogP contribution in [0, 0.1) is 12.7 Å². The molecule has 1 fully saturated rings. The van der Waals surface area contributed by atoms with Crippen LogP contribution in [0.3, 0.4) is 0 Å². The number of thiazole rings is 1. The van der Waals surface area contributed by atoms with Crippen LogP contribution in [0.1, 0.15) is 23.4 Å². The molecule has 0 radical (unpaired) electrons. The van der Waals surface area contributed by atoms with Crippen LogP contribution in [0.5, 0.6) is 0 Å². The van der Waals surface area contributed by atoms with Crippen molar-refractivity contribution in [2.24, 2.45) is 5.73 Å². The van der Waals surface area contributed by atoms with Crippen LogP contribution in [0.2, 0.25) is 0 Å². The second-order valence-corrected chi connectivity index (χ2v) is 5.93. The van der Waals surface area contributed by atoms with Crippen molar-refractivity contribution in [3.05, 3.63) is 40.7 Å². The summed E-state index contributed by atoms with van der Waals surface area (Å²) in [5.41, 5.74) is 7.91. The number of rotatable bonds is 3. The zero-order valence-corrected chi connectivity index (χ0v) is 11.1. The maximum Gasteiger partial charge on any atom is 0.123 e. The molecule has 1 aliphatic carbocycles. The van der Waals surface area contributed by atoms with Gasteiger partial charge in [-0.15, -0.1) is 11.3 Å². The number of benzene rings is 1. The second kappa shape index (κ2) is 4.14. The van der Waals surface area contributed by atoms with E-state index in [1.54, 1.807) is 17.4 Å². The Kier molecular flexibility index (Phi) is 2.72. The first kappa shape index (κ1) is 11.8. The summed E-state index contributed by atoms with van der Waals surface area (Å²) in [6, 6.07) is 6.60. The Balaban J connectivity index is 2.03. The van der Waals surface area contributed by atoms with E-state index in [4.69, 9.17) is 5.73 Å². The van der Waals surface area contributed by atoms with Crippen molar-refractivity contribution >= 4 is 11.3 Å². The van der Waals surface area contributed by atoms with Crippen molar-refractivity contribution < 1.29 is 4.39 Å². The molecule has 0 aliphatic heterocycles. The van der Waals surface area contributed by atoms with Gasteiger partial charge in [0.2, 0.25) is 0 Å². The van der Waals surface area contributed by atoms with Gasteiger partial charge in [-0.1, -0.05) is 12.1 Å². The zero-order chi connectivity index (χ0) is 12.8. The molecule has 4 heteroatoms. The lowest BCUT2D eigenvalue weighted by Gasteiger charge is -2.09. The third-order valence-electron chi connectivity index (χ3n) is 3.59. The minimum atomic E-state index is -0.220. The van der Waals surface area contributed by atoms with Gasteiger partial charge in [-0.3, -0.25) is 0 Å². The molecule has 2 aromatic rings. The summed E-state index contributed by atoms with van der Waals surface area (Å²) in [5.74, 6) is -0.220. The predicted octanol–water partition coefficient (Wildman–Crippen LogP) is 3.25. The van der Waals surface area contributed by atoms with Gasteiger partial charge in [-0.25, -0.2) is 9.37 Å². The molecule has 2 nitrogen and oxygen atoms in total. The highest BCUT2D eigenvalue weighted by Crippen LogP contribution is 2.51. The molecule has 94 valence electrons. The van der Waals surface area contributed by atoms with Gasteiger partial charge in [0.15, 0.2) is 0 Å². The van der Waals surface area contributed by atoms with E-state index in [0.717, 1.165) is 29.1 Å². The fraction of sp³-hybridized carbons (Fsp3) is 0.357. The molecular formula is C14H15FN2S. The lowest BCUT2D eigenvalue weighted by Crippen LogP contribution is -2.19. The SMILES string of the molecule is Cc1nc(-c2cccc(F)c2)sc1C1(CN)CC1. The fourth-order valence-electron chi connectivity index (χ4n) is 2.31. The monoisotopic (exact) mass is 262 g/mol. The quantitative estimate of drug-likeness (QED) is 0.922. The largest absolute Gasteiger partial charge is 0.330 e. The van der Waals surface area contributed by atoms with Gasteiger partial charge in [-0.2, -0.15) is 0 Å². The van der Waals surface area contributed by atoms with Crippen molar-refractivity contribution in [1.29, 1.82) is 0 Å². The van der Waals surface area contributed by atoms with Crippen molar-refractivity contribution in [2.45, 2.75) is 25.2 Å². The molecular weight excluding hydrogens is 247 g/mol. The third-order valence-corrected chi connectivity index (χ3v) is 5.05. The molecule has 18 heavy (non-hydrogen) atoms. The molecule has 1 saturated carbocycles. The zero-order valence-electron chi connectivity index (χ0n) is 10.2. The van der Waals surface area contributed by atoms with Crippen LogP contribution in [-0.4, -0.2) is 11.5 Å². The third kappa shape index (κ3) is 1.85. The number of aryl methyl sites for hydroxylation is 1. The van der Waals surface area contributed by atoms with Gasteiger partial charge in [0.1, 0.15) is 10.8 Å². The molecule has 1 aromatic heterocycles. The lowest BCUT2D eigenvalue weighted by molar-refractivity contribution is 0.628. The van der Waals surface area contributed by atoms with E-state index in [-0.39, 0.29) is 11.2 Å². The van der Waals surface area contributed by atoms with Crippen molar-refractivity contribution in [2.75, 3.05) is 6.54 Å². The van der Waals surface area contributed by atoms with E-state index in [1.165, 1.54) is 17.0 Å². The van der Waals surface area contributed by atoms with Crippen molar-refractivity contribution in [1.82, 2.24) is 4.98 Å². The molecule has 2 N–H and O–H groups in total. The number of aromatic nitrogens is 1. The summed E-state index contributed by atoms with van der Waals surface area (Å²) >= 11 is 1.66. The molecule has 0 bridgehead atoms. The summed E-state index contributed by atoms with van der Waals surface area (Å²) in [7, 11) is 0. The Bertz CT molecular complexity index is 587. The smallest absolute Gasteiger partial charge is 0.123 e. The van der Waals surface area contributed by atoms with Crippen molar-refractivity contribution in [3.8, 4) is 10.6 Å². The number of nitrogens with zero attached hydrogens (tertiary/aromatic N) is 1. The summed E-state index contributed by atoms with van der Waals surface area (Å²) in [6.45, 7) is 2.70. The van der Waals surface area contributed by atoms with Crippen LogP contribution >= 0.6 is 11.3 Å². The summed E-state index contributed by atoms with van der Waals surface area (Å²) in [4.78, 5) is 5.85. The minimum absolute atomic E-state index is 0.160. The average molecular weight is 262 g/mol. The molecule has 0 amide bonds. The minimum Gasteiger partial charge on any atom is -0.330 e. The molecule has 0 spiro atoms. The van der Waals surface area contributed by atoms with Crippen LogP contribution in [0.25, 0.3) is 10.6 Å². The first-order valence-electron chi connectivity index (χ1n) is 6.08. The van der Waals surface area contributed by atoms with Gasteiger partial charge in [0.05, 0.1) is 5.69 Å². The molecule has 3 rings (SSSR count). The highest BCUT2D eigenvalue weighted by molar-refractivity contribution is 7.15. The standard InChI is InChI=1S/C14H15FN2S/c1-9-12(14(8-16)5-6-14)18-13(17-9)10-3-2-4-11(15)7-10/h2-4,7H,5-6,8,16H2,1H3. The highest BCUT2D eigenvalue weighted by Gasteiger charge is 2.45. The van der Waals surface area contributed by atoms with Crippen LogP contribution in [-0.2, 0) is 5.41 Å². The molecule has 0 unspecified atom stereocenters. The topological polar surface area (TPSA) is 38.9 Å². The normalized spacial score (nSPS) is 16.8. The number of hydrogen-bond acceptors (Lipinski definition) is 3. The number of halogens is 1. The van der Waals surface area contributed by atoms with E-state index in [0.29, 0.717) is 6.54 Å². The van der Waals surface area contributed by atoms with E-state index in [2.05, 4.69) is 4.98 Å². The summed E-state index contributed by atoms with van der Waals surface area (Å²) in [5, 5.41) is 0.890. The Labute approximate surface area is 110 Å². The summed E-state index contributed by atoms with van der Waals surface area (Å²) in [6.07, 6.45) is 2.30. The van der Waals surface area contributed by atoms with Crippen LogP contribution < -0.4 is 5.73 Å². The maximum atomic E-state index is 13.2. The first-order chi connectivity index (χ1) is 8.64. The summed E-state index contributed by atoms with van der Waals surface area (Å²) < 4.78 is 13.2. The molecule has 1 aromatic carbocycles. The van der Waals surface area contributed by atoms with Crippen molar-refractivity contribution in [3.63, 3.8) is 0 Å². The lowest BCUT2D eigenvalue weighted by atomic mass is 10.0. The highest BCUT2D eigenvalue weighted by atomic mass is 32.1. The van der Waals surface area contributed by atoms with Gasteiger partial charge < -0.3 is 5.73 Å². The predicted molar refractivity (Wildman–Crippen MR) is 72.2 cm³/mol. The Morgan fingerprint density at radius 3 is 2.83 bits per heavy atom. The van der Waals surface area contributed by atoms with Crippen LogP contribution in [0.15, 0.2) is 24.3 Å². The van der Waals surface area contributed by atoms with E-state index < -0.39 is 0 Å². The Morgan fingerprint density at radius 1 is 1.44 bits per heavy atom. The number of hydrogen-bond donors (Lipinski definition) is 1. The maximum absolute atomic E-state index is 13.2. The molecule has 0 atom stereocenters. The van der Waals surface area contributed by atoms with Gasteiger partial charge in [0.25, 0.3) is 0 Å². The van der Waals surface area contributed by atoms with Gasteiger partial charge in [-0.05, 0) is 31.9 Å². The molecule has 1 heterocycles. The van der Waals surface area contributed by atoms with E-state index >= 15 is 0 Å². The second-order valence-electron chi connectivity index (χ2n) is 4.93. The van der Waals surface area contributed by atoms with Crippen LogP contribution in [0.4, 0.5) is 4.39 Å². The number of nitrogens with two attached hydrogens (primary N) is 1.